The Balaban J connectivity index is 1.97. The van der Waals surface area contributed by atoms with Gasteiger partial charge in [-0.1, -0.05) is 29.4 Å². The van der Waals surface area contributed by atoms with Crippen molar-refractivity contribution in [2.24, 2.45) is 0 Å². The van der Waals surface area contributed by atoms with Crippen LogP contribution >= 0.6 is 0 Å². The fraction of sp³-hybridized carbons (Fsp3) is 0.100. The molecular weight excluding hydrogens is 300 g/mol. The van der Waals surface area contributed by atoms with E-state index >= 15 is 0 Å². The highest BCUT2D eigenvalue weighted by Crippen LogP contribution is 2.38. The molecule has 24 heavy (non-hydrogen) atoms. The van der Waals surface area contributed by atoms with Crippen LogP contribution in [0, 0.1) is 6.92 Å². The molecule has 0 aliphatic carbocycles. The van der Waals surface area contributed by atoms with E-state index in [9.17, 15) is 0 Å². The van der Waals surface area contributed by atoms with Crippen LogP contribution in [-0.4, -0.2) is 17.3 Å². The molecule has 0 spiro atoms. The topological polar surface area (TPSA) is 48.2 Å². The van der Waals surface area contributed by atoms with Crippen molar-refractivity contribution in [3.8, 4) is 28.1 Å². The summed E-state index contributed by atoms with van der Waals surface area (Å²) in [5, 5.41) is 5.27. The van der Waals surface area contributed by atoms with Gasteiger partial charge >= 0.3 is 0 Å². The molecule has 0 bridgehead atoms. The first-order valence-corrected chi connectivity index (χ1v) is 7.72. The third-order valence-corrected chi connectivity index (χ3v) is 4.19. The summed E-state index contributed by atoms with van der Waals surface area (Å²) in [6, 6.07) is 15.9. The van der Waals surface area contributed by atoms with Crippen LogP contribution in [0.1, 0.15) is 5.56 Å². The number of rotatable bonds is 3. The van der Waals surface area contributed by atoms with Gasteiger partial charge in [0.25, 0.3) is 0 Å². The monoisotopic (exact) mass is 316 g/mol. The highest BCUT2D eigenvalue weighted by atomic mass is 16.5. The fourth-order valence-electron chi connectivity index (χ4n) is 2.95. The maximum atomic E-state index is 5.71. The number of hydrogen-bond acceptors (Lipinski definition) is 4. The van der Waals surface area contributed by atoms with Crippen LogP contribution in [0.4, 0.5) is 0 Å². The van der Waals surface area contributed by atoms with Crippen LogP contribution in [0.25, 0.3) is 33.4 Å². The molecule has 0 N–H and O–H groups in total. The summed E-state index contributed by atoms with van der Waals surface area (Å²) in [4.78, 5) is 4.24. The van der Waals surface area contributed by atoms with Gasteiger partial charge in [-0.05, 0) is 36.8 Å². The lowest BCUT2D eigenvalue weighted by Crippen LogP contribution is -1.88. The Morgan fingerprint density at radius 3 is 2.58 bits per heavy atom. The third-order valence-electron chi connectivity index (χ3n) is 4.19. The van der Waals surface area contributed by atoms with E-state index in [0.29, 0.717) is 0 Å². The summed E-state index contributed by atoms with van der Waals surface area (Å²) in [5.41, 5.74) is 5.64. The second kappa shape index (κ2) is 5.81. The number of nitrogens with zero attached hydrogens (tertiary/aromatic N) is 2. The number of benzene rings is 2. The van der Waals surface area contributed by atoms with Gasteiger partial charge < -0.3 is 9.26 Å². The molecule has 0 aliphatic heterocycles. The lowest BCUT2D eigenvalue weighted by atomic mass is 9.99. The van der Waals surface area contributed by atoms with Gasteiger partial charge in [0.1, 0.15) is 11.4 Å². The van der Waals surface area contributed by atoms with Gasteiger partial charge in [-0.15, -0.1) is 0 Å². The molecule has 2 aromatic carbocycles. The second-order valence-electron chi connectivity index (χ2n) is 5.60. The maximum absolute atomic E-state index is 5.71. The summed E-state index contributed by atoms with van der Waals surface area (Å²) in [6.45, 7) is 2.06. The molecule has 0 unspecified atom stereocenters. The largest absolute Gasteiger partial charge is 0.496 e. The average molecular weight is 316 g/mol. The second-order valence-corrected chi connectivity index (χ2v) is 5.60. The standard InChI is InChI=1S/C20H16N2O2/c1-13-10-11-21-12-17(13)14-7-5-8-16-19(22-24-20(14)16)15-6-3-4-9-18(15)23-2/h3-12H,1-2H3. The Morgan fingerprint density at radius 2 is 1.75 bits per heavy atom. The summed E-state index contributed by atoms with van der Waals surface area (Å²) >= 11 is 0. The van der Waals surface area contributed by atoms with E-state index in [-0.39, 0.29) is 0 Å². The molecule has 0 atom stereocenters. The molecule has 2 heterocycles. The number of methoxy groups -OCH3 is 1. The van der Waals surface area contributed by atoms with Crippen LogP contribution in [0.15, 0.2) is 65.4 Å². The van der Waals surface area contributed by atoms with E-state index in [2.05, 4.69) is 17.1 Å². The van der Waals surface area contributed by atoms with Gasteiger partial charge in [0.15, 0.2) is 5.58 Å². The highest BCUT2D eigenvalue weighted by Gasteiger charge is 2.17. The molecule has 0 amide bonds. The van der Waals surface area contributed by atoms with E-state index in [0.717, 1.165) is 44.7 Å². The van der Waals surface area contributed by atoms with Crippen LogP contribution in [0.5, 0.6) is 5.75 Å². The zero-order valence-corrected chi connectivity index (χ0v) is 13.5. The summed E-state index contributed by atoms with van der Waals surface area (Å²) in [7, 11) is 1.66. The summed E-state index contributed by atoms with van der Waals surface area (Å²) in [6.07, 6.45) is 3.65. The fourth-order valence-corrected chi connectivity index (χ4v) is 2.95. The summed E-state index contributed by atoms with van der Waals surface area (Å²) in [5.74, 6) is 0.774. The number of para-hydroxylation sites is 2. The van der Waals surface area contributed by atoms with E-state index < -0.39 is 0 Å². The zero-order valence-electron chi connectivity index (χ0n) is 13.5. The quantitative estimate of drug-likeness (QED) is 0.541. The van der Waals surface area contributed by atoms with Crippen LogP contribution in [0.2, 0.25) is 0 Å². The third kappa shape index (κ3) is 2.24. The van der Waals surface area contributed by atoms with Crippen LogP contribution in [0.3, 0.4) is 0 Å². The molecule has 4 heteroatoms. The normalized spacial score (nSPS) is 10.9. The SMILES string of the molecule is COc1ccccc1-c1noc2c(-c3cnccc3C)cccc12. The molecule has 0 saturated carbocycles. The van der Waals surface area contributed by atoms with Crippen molar-refractivity contribution in [1.29, 1.82) is 0 Å². The number of aryl methyl sites for hydroxylation is 1. The van der Waals surface area contributed by atoms with Gasteiger partial charge in [-0.25, -0.2) is 0 Å². The predicted molar refractivity (Wildman–Crippen MR) is 94.0 cm³/mol. The molecule has 0 saturated heterocycles. The van der Waals surface area contributed by atoms with Crippen molar-refractivity contribution in [2.75, 3.05) is 7.11 Å². The molecule has 4 aromatic rings. The minimum atomic E-state index is 0.759. The van der Waals surface area contributed by atoms with Gasteiger partial charge in [0, 0.05) is 29.1 Å². The number of aromatic nitrogens is 2. The van der Waals surface area contributed by atoms with E-state index in [1.165, 1.54) is 0 Å². The van der Waals surface area contributed by atoms with Crippen molar-refractivity contribution in [1.82, 2.24) is 10.1 Å². The van der Waals surface area contributed by atoms with Gasteiger partial charge in [-0.3, -0.25) is 4.98 Å². The molecule has 4 rings (SSSR count). The van der Waals surface area contributed by atoms with Crippen LogP contribution < -0.4 is 4.74 Å². The zero-order chi connectivity index (χ0) is 16.5. The van der Waals surface area contributed by atoms with Gasteiger partial charge in [0.05, 0.1) is 12.5 Å². The first-order chi connectivity index (χ1) is 11.8. The molecule has 0 aliphatic rings. The minimum Gasteiger partial charge on any atom is -0.496 e. The Hall–Kier alpha value is -3.14. The average Bonchev–Trinajstić information content (AvgIpc) is 3.06. The van der Waals surface area contributed by atoms with E-state index in [4.69, 9.17) is 9.26 Å². The molecule has 2 aromatic heterocycles. The number of fused-ring (bicyclic) bond motifs is 1. The van der Waals surface area contributed by atoms with E-state index in [1.807, 2.05) is 54.7 Å². The number of ether oxygens (including phenoxy) is 1. The maximum Gasteiger partial charge on any atom is 0.175 e. The smallest absolute Gasteiger partial charge is 0.175 e. The molecule has 0 fully saturated rings. The lowest BCUT2D eigenvalue weighted by Gasteiger charge is -2.06. The van der Waals surface area contributed by atoms with Crippen LogP contribution in [-0.2, 0) is 0 Å². The molecule has 4 nitrogen and oxygen atoms in total. The lowest BCUT2D eigenvalue weighted by molar-refractivity contribution is 0.415. The Labute approximate surface area is 139 Å². The first kappa shape index (κ1) is 14.5. The van der Waals surface area contributed by atoms with Crippen molar-refractivity contribution in [3.05, 3.63) is 66.5 Å². The van der Waals surface area contributed by atoms with Crippen molar-refractivity contribution in [3.63, 3.8) is 0 Å². The molecule has 118 valence electrons. The van der Waals surface area contributed by atoms with E-state index in [1.54, 1.807) is 13.3 Å². The number of pyridine rings is 1. The Kier molecular flexibility index (Phi) is 3.50. The van der Waals surface area contributed by atoms with Crippen molar-refractivity contribution < 1.29 is 9.26 Å². The summed E-state index contributed by atoms with van der Waals surface area (Å²) < 4.78 is 11.2. The number of hydrogen-bond donors (Lipinski definition) is 0. The predicted octanol–water partition coefficient (Wildman–Crippen LogP) is 4.87. The van der Waals surface area contributed by atoms with Crippen molar-refractivity contribution >= 4 is 11.0 Å². The van der Waals surface area contributed by atoms with Crippen molar-refractivity contribution in [2.45, 2.75) is 6.92 Å². The Bertz CT molecular complexity index is 1020. The van der Waals surface area contributed by atoms with Gasteiger partial charge in [0.2, 0.25) is 0 Å². The minimum absolute atomic E-state index is 0.759. The highest BCUT2D eigenvalue weighted by molar-refractivity contribution is 6.00. The molecule has 0 radical (unpaired) electrons. The van der Waals surface area contributed by atoms with Gasteiger partial charge in [-0.2, -0.15) is 0 Å². The Morgan fingerprint density at radius 1 is 0.917 bits per heavy atom. The first-order valence-electron chi connectivity index (χ1n) is 7.72. The molecular formula is C20H16N2O2.